The maximum Gasteiger partial charge on any atom is 0.0280 e. The summed E-state index contributed by atoms with van der Waals surface area (Å²) in [6.07, 6.45) is 9.73. The average Bonchev–Trinajstić information content (AvgIpc) is 2.25. The van der Waals surface area contributed by atoms with Gasteiger partial charge in [-0.25, -0.2) is 0 Å². The van der Waals surface area contributed by atoms with E-state index in [1.807, 2.05) is 12.1 Å². The zero-order chi connectivity index (χ0) is 10.1. The van der Waals surface area contributed by atoms with Crippen molar-refractivity contribution in [2.24, 2.45) is 0 Å². The first-order valence-electron chi connectivity index (χ1n) is 5.32. The van der Waals surface area contributed by atoms with E-state index in [4.69, 9.17) is 0 Å². The Morgan fingerprint density at radius 2 is 1.93 bits per heavy atom. The molecule has 0 saturated carbocycles. The van der Waals surface area contributed by atoms with Crippen LogP contribution in [0.5, 0.6) is 0 Å². The van der Waals surface area contributed by atoms with E-state index in [1.165, 1.54) is 25.7 Å². The van der Waals surface area contributed by atoms with Crippen LogP contribution in [0, 0.1) is 11.8 Å². The summed E-state index contributed by atoms with van der Waals surface area (Å²) in [6.45, 7) is 2.22. The van der Waals surface area contributed by atoms with Crippen molar-refractivity contribution in [3.8, 4) is 11.8 Å². The van der Waals surface area contributed by atoms with Gasteiger partial charge in [-0.3, -0.25) is 4.98 Å². The topological polar surface area (TPSA) is 12.9 Å². The summed E-state index contributed by atoms with van der Waals surface area (Å²) in [5.74, 6) is 6.31. The number of unbranched alkanes of at least 4 members (excludes halogenated alkanes) is 4. The molecule has 1 aromatic rings. The number of pyridine rings is 1. The third kappa shape index (κ3) is 4.67. The number of aromatic nitrogens is 1. The Morgan fingerprint density at radius 3 is 2.64 bits per heavy atom. The van der Waals surface area contributed by atoms with Crippen LogP contribution in [-0.2, 0) is 0 Å². The van der Waals surface area contributed by atoms with E-state index in [9.17, 15) is 0 Å². The average molecular weight is 187 g/mol. The van der Waals surface area contributed by atoms with Crippen LogP contribution < -0.4 is 0 Å². The summed E-state index contributed by atoms with van der Waals surface area (Å²) in [5.41, 5.74) is 1.07. The zero-order valence-electron chi connectivity index (χ0n) is 8.79. The van der Waals surface area contributed by atoms with Crippen LogP contribution in [-0.4, -0.2) is 4.98 Å². The van der Waals surface area contributed by atoms with Crippen LogP contribution in [0.15, 0.2) is 24.5 Å². The number of rotatable bonds is 4. The van der Waals surface area contributed by atoms with Gasteiger partial charge in [0.2, 0.25) is 0 Å². The Morgan fingerprint density at radius 1 is 1.14 bits per heavy atom. The Hall–Kier alpha value is -1.29. The molecule has 1 heteroatoms. The maximum absolute atomic E-state index is 3.95. The van der Waals surface area contributed by atoms with Crippen molar-refractivity contribution in [3.63, 3.8) is 0 Å². The highest BCUT2D eigenvalue weighted by molar-refractivity contribution is 5.31. The van der Waals surface area contributed by atoms with Gasteiger partial charge in [-0.2, -0.15) is 0 Å². The van der Waals surface area contributed by atoms with Crippen molar-refractivity contribution < 1.29 is 0 Å². The van der Waals surface area contributed by atoms with Crippen molar-refractivity contribution in [2.45, 2.75) is 39.0 Å². The highest BCUT2D eigenvalue weighted by Crippen LogP contribution is 2.01. The molecule has 0 atom stereocenters. The molecular weight excluding hydrogens is 170 g/mol. The molecular formula is C13H17N. The van der Waals surface area contributed by atoms with Gasteiger partial charge in [-0.15, -0.1) is 0 Å². The summed E-state index contributed by atoms with van der Waals surface area (Å²) in [4.78, 5) is 3.95. The normalized spacial score (nSPS) is 9.21. The number of nitrogens with zero attached hydrogens (tertiary/aromatic N) is 1. The summed E-state index contributed by atoms with van der Waals surface area (Å²) in [5, 5.41) is 0. The van der Waals surface area contributed by atoms with Crippen LogP contribution >= 0.6 is 0 Å². The highest BCUT2D eigenvalue weighted by atomic mass is 14.6. The lowest BCUT2D eigenvalue weighted by Gasteiger charge is -1.92. The van der Waals surface area contributed by atoms with Gasteiger partial charge >= 0.3 is 0 Å². The first-order chi connectivity index (χ1) is 6.93. The van der Waals surface area contributed by atoms with Gasteiger partial charge in [0.25, 0.3) is 0 Å². The second-order valence-corrected chi connectivity index (χ2v) is 3.35. The van der Waals surface area contributed by atoms with Gasteiger partial charge in [0, 0.05) is 24.4 Å². The van der Waals surface area contributed by atoms with Crippen LogP contribution in [0.1, 0.15) is 44.6 Å². The molecule has 0 spiro atoms. The first kappa shape index (κ1) is 10.8. The Labute approximate surface area is 86.6 Å². The molecule has 0 bridgehead atoms. The SMILES string of the molecule is CCCCCCC#Cc1ccncc1. The fourth-order valence-electron chi connectivity index (χ4n) is 1.24. The van der Waals surface area contributed by atoms with Gasteiger partial charge in [0.1, 0.15) is 0 Å². The molecule has 0 aliphatic carbocycles. The van der Waals surface area contributed by atoms with Crippen molar-refractivity contribution in [1.29, 1.82) is 0 Å². The van der Waals surface area contributed by atoms with Crippen LogP contribution in [0.3, 0.4) is 0 Å². The van der Waals surface area contributed by atoms with E-state index in [0.717, 1.165) is 12.0 Å². The van der Waals surface area contributed by atoms with Crippen molar-refractivity contribution in [2.75, 3.05) is 0 Å². The molecule has 0 radical (unpaired) electrons. The standard InChI is InChI=1S/C13H17N/c1-2-3-4-5-6-7-8-13-9-11-14-12-10-13/h9-12H,2-6H2,1H3. The van der Waals surface area contributed by atoms with E-state index in [2.05, 4.69) is 23.7 Å². The van der Waals surface area contributed by atoms with E-state index >= 15 is 0 Å². The van der Waals surface area contributed by atoms with Crippen LogP contribution in [0.25, 0.3) is 0 Å². The third-order valence-electron chi connectivity index (χ3n) is 2.07. The minimum atomic E-state index is 1.02. The van der Waals surface area contributed by atoms with Crippen LogP contribution in [0.4, 0.5) is 0 Å². The van der Waals surface area contributed by atoms with Gasteiger partial charge in [-0.05, 0) is 18.6 Å². The molecule has 74 valence electrons. The molecule has 1 aromatic heterocycles. The first-order valence-corrected chi connectivity index (χ1v) is 5.32. The molecule has 0 aliphatic heterocycles. The maximum atomic E-state index is 3.95. The molecule has 0 aromatic carbocycles. The smallest absolute Gasteiger partial charge is 0.0280 e. The molecule has 0 unspecified atom stereocenters. The Bertz CT molecular complexity index is 292. The van der Waals surface area contributed by atoms with E-state index in [1.54, 1.807) is 12.4 Å². The molecule has 0 aliphatic rings. The van der Waals surface area contributed by atoms with Crippen LogP contribution in [0.2, 0.25) is 0 Å². The molecule has 0 fully saturated rings. The fraction of sp³-hybridized carbons (Fsp3) is 0.462. The lowest BCUT2D eigenvalue weighted by Crippen LogP contribution is -1.76. The summed E-state index contributed by atoms with van der Waals surface area (Å²) < 4.78 is 0. The second-order valence-electron chi connectivity index (χ2n) is 3.35. The van der Waals surface area contributed by atoms with E-state index < -0.39 is 0 Å². The van der Waals surface area contributed by atoms with E-state index in [-0.39, 0.29) is 0 Å². The van der Waals surface area contributed by atoms with Gasteiger partial charge in [0.15, 0.2) is 0 Å². The minimum Gasteiger partial charge on any atom is -0.265 e. The summed E-state index contributed by atoms with van der Waals surface area (Å²) >= 11 is 0. The molecule has 1 heterocycles. The molecule has 0 saturated heterocycles. The minimum absolute atomic E-state index is 1.02. The summed E-state index contributed by atoms with van der Waals surface area (Å²) in [7, 11) is 0. The molecule has 1 rings (SSSR count). The summed E-state index contributed by atoms with van der Waals surface area (Å²) in [6, 6.07) is 3.89. The Balaban J connectivity index is 2.21. The lowest BCUT2D eigenvalue weighted by atomic mass is 10.1. The molecule has 0 amide bonds. The third-order valence-corrected chi connectivity index (χ3v) is 2.07. The van der Waals surface area contributed by atoms with Gasteiger partial charge in [0.05, 0.1) is 0 Å². The monoisotopic (exact) mass is 187 g/mol. The lowest BCUT2D eigenvalue weighted by molar-refractivity contribution is 0.679. The largest absolute Gasteiger partial charge is 0.265 e. The van der Waals surface area contributed by atoms with Crippen molar-refractivity contribution in [1.82, 2.24) is 4.98 Å². The van der Waals surface area contributed by atoms with E-state index in [0.29, 0.717) is 0 Å². The van der Waals surface area contributed by atoms with Gasteiger partial charge < -0.3 is 0 Å². The quantitative estimate of drug-likeness (QED) is 0.520. The van der Waals surface area contributed by atoms with Gasteiger partial charge in [-0.1, -0.05) is 38.0 Å². The number of hydrogen-bond donors (Lipinski definition) is 0. The molecule has 0 N–H and O–H groups in total. The van der Waals surface area contributed by atoms with Crippen molar-refractivity contribution >= 4 is 0 Å². The molecule has 1 nitrogen and oxygen atoms in total. The predicted molar refractivity (Wildman–Crippen MR) is 59.9 cm³/mol. The molecule has 14 heavy (non-hydrogen) atoms. The second kappa shape index (κ2) is 7.15. The number of hydrogen-bond acceptors (Lipinski definition) is 1. The predicted octanol–water partition coefficient (Wildman–Crippen LogP) is 3.40. The zero-order valence-corrected chi connectivity index (χ0v) is 8.79. The fourth-order valence-corrected chi connectivity index (χ4v) is 1.24. The van der Waals surface area contributed by atoms with Crippen molar-refractivity contribution in [3.05, 3.63) is 30.1 Å². The Kier molecular flexibility index (Phi) is 5.51. The highest BCUT2D eigenvalue weighted by Gasteiger charge is 1.84.